The smallest absolute Gasteiger partial charge is 0.338 e. The lowest BCUT2D eigenvalue weighted by Gasteiger charge is -2.22. The number of hydrogen-bond acceptors (Lipinski definition) is 6. The van der Waals surface area contributed by atoms with Crippen LogP contribution in [0, 0.1) is 0 Å². The number of benzene rings is 2. The molecule has 32 heavy (non-hydrogen) atoms. The highest BCUT2D eigenvalue weighted by atomic mass is 16.5. The third-order valence-corrected chi connectivity index (χ3v) is 4.29. The standard InChI is InChI=1S/C24H30N2O6/c1-5-14-30-23(29)17-10-12-18(13-11-17)31-15-21(27)25-26-22(28)16-32-20-9-7-6-8-19(20)24(2,3)4/h6-13H,5,14-16H2,1-4H3,(H,25,27)(H,26,28). The van der Waals surface area contributed by atoms with E-state index in [9.17, 15) is 14.4 Å². The zero-order valence-corrected chi connectivity index (χ0v) is 18.9. The third-order valence-electron chi connectivity index (χ3n) is 4.29. The van der Waals surface area contributed by atoms with Crippen molar-refractivity contribution in [3.63, 3.8) is 0 Å². The lowest BCUT2D eigenvalue weighted by molar-refractivity contribution is -0.131. The molecule has 172 valence electrons. The molecule has 0 fully saturated rings. The molecule has 0 aliphatic carbocycles. The lowest BCUT2D eigenvalue weighted by Crippen LogP contribution is -2.45. The van der Waals surface area contributed by atoms with E-state index in [2.05, 4.69) is 31.6 Å². The Balaban J connectivity index is 1.73. The van der Waals surface area contributed by atoms with Gasteiger partial charge in [0.25, 0.3) is 11.8 Å². The van der Waals surface area contributed by atoms with Gasteiger partial charge in [-0.15, -0.1) is 0 Å². The highest BCUT2D eigenvalue weighted by Gasteiger charge is 2.19. The van der Waals surface area contributed by atoms with Gasteiger partial charge in [-0.25, -0.2) is 4.79 Å². The molecule has 0 spiro atoms. The summed E-state index contributed by atoms with van der Waals surface area (Å²) in [5.74, 6) is -0.435. The van der Waals surface area contributed by atoms with Gasteiger partial charge in [0.2, 0.25) is 0 Å². The SMILES string of the molecule is CCCOC(=O)c1ccc(OCC(=O)NNC(=O)COc2ccccc2C(C)(C)C)cc1. The predicted molar refractivity (Wildman–Crippen MR) is 119 cm³/mol. The van der Waals surface area contributed by atoms with Gasteiger partial charge in [-0.2, -0.15) is 0 Å². The van der Waals surface area contributed by atoms with Crippen LogP contribution in [0.15, 0.2) is 48.5 Å². The van der Waals surface area contributed by atoms with Crippen molar-refractivity contribution in [2.24, 2.45) is 0 Å². The largest absolute Gasteiger partial charge is 0.484 e. The number of para-hydroxylation sites is 1. The van der Waals surface area contributed by atoms with E-state index in [1.807, 2.05) is 25.1 Å². The Bertz CT molecular complexity index is 919. The molecule has 0 heterocycles. The first-order valence-corrected chi connectivity index (χ1v) is 10.4. The van der Waals surface area contributed by atoms with Crippen LogP contribution in [0.1, 0.15) is 50.0 Å². The van der Waals surface area contributed by atoms with Crippen molar-refractivity contribution in [2.45, 2.75) is 39.5 Å². The minimum Gasteiger partial charge on any atom is -0.484 e. The number of esters is 1. The molecule has 0 unspecified atom stereocenters. The number of rotatable bonds is 9. The van der Waals surface area contributed by atoms with Crippen LogP contribution in [-0.4, -0.2) is 37.6 Å². The normalized spacial score (nSPS) is 10.8. The molecule has 8 nitrogen and oxygen atoms in total. The molecule has 0 bridgehead atoms. The Hall–Kier alpha value is -3.55. The molecule has 0 radical (unpaired) electrons. The fraction of sp³-hybridized carbons (Fsp3) is 0.375. The van der Waals surface area contributed by atoms with Crippen LogP contribution in [0.2, 0.25) is 0 Å². The van der Waals surface area contributed by atoms with Gasteiger partial charge in [-0.05, 0) is 47.7 Å². The van der Waals surface area contributed by atoms with Crippen molar-refractivity contribution in [3.05, 3.63) is 59.7 Å². The molecule has 0 aliphatic heterocycles. The van der Waals surface area contributed by atoms with Crippen LogP contribution in [0.4, 0.5) is 0 Å². The molecule has 2 amide bonds. The van der Waals surface area contributed by atoms with Gasteiger partial charge in [0.05, 0.1) is 12.2 Å². The van der Waals surface area contributed by atoms with Crippen LogP contribution in [-0.2, 0) is 19.7 Å². The fourth-order valence-electron chi connectivity index (χ4n) is 2.68. The monoisotopic (exact) mass is 442 g/mol. The van der Waals surface area contributed by atoms with Crippen molar-refractivity contribution < 1.29 is 28.6 Å². The summed E-state index contributed by atoms with van der Waals surface area (Å²) in [7, 11) is 0. The fourth-order valence-corrected chi connectivity index (χ4v) is 2.68. The van der Waals surface area contributed by atoms with E-state index in [4.69, 9.17) is 14.2 Å². The highest BCUT2D eigenvalue weighted by molar-refractivity contribution is 5.89. The van der Waals surface area contributed by atoms with E-state index in [0.717, 1.165) is 12.0 Å². The number of amides is 2. The van der Waals surface area contributed by atoms with E-state index in [0.29, 0.717) is 23.7 Å². The summed E-state index contributed by atoms with van der Waals surface area (Å²) < 4.78 is 16.0. The molecule has 0 atom stereocenters. The molecule has 8 heteroatoms. The minimum atomic E-state index is -0.542. The van der Waals surface area contributed by atoms with Gasteiger partial charge in [-0.3, -0.25) is 20.4 Å². The second kappa shape index (κ2) is 11.7. The first kappa shape index (κ1) is 24.7. The van der Waals surface area contributed by atoms with Crippen molar-refractivity contribution in [1.82, 2.24) is 10.9 Å². The first-order valence-electron chi connectivity index (χ1n) is 10.4. The Morgan fingerprint density at radius 2 is 1.44 bits per heavy atom. The summed E-state index contributed by atoms with van der Waals surface area (Å²) in [6.07, 6.45) is 0.745. The summed E-state index contributed by atoms with van der Waals surface area (Å²) in [6, 6.07) is 13.7. The average Bonchev–Trinajstić information content (AvgIpc) is 2.78. The maximum atomic E-state index is 12.0. The quantitative estimate of drug-likeness (QED) is 0.457. The number of carbonyl (C=O) groups excluding carboxylic acids is 3. The Kier molecular flexibility index (Phi) is 9.07. The van der Waals surface area contributed by atoms with E-state index in [1.165, 1.54) is 0 Å². The second-order valence-corrected chi connectivity index (χ2v) is 8.08. The molecular weight excluding hydrogens is 412 g/mol. The maximum Gasteiger partial charge on any atom is 0.338 e. The molecule has 2 aromatic rings. The van der Waals surface area contributed by atoms with Crippen molar-refractivity contribution in [3.8, 4) is 11.5 Å². The van der Waals surface area contributed by atoms with E-state index in [1.54, 1.807) is 30.3 Å². The number of hydrazine groups is 1. The van der Waals surface area contributed by atoms with Crippen molar-refractivity contribution in [1.29, 1.82) is 0 Å². The molecule has 0 saturated heterocycles. The summed E-state index contributed by atoms with van der Waals surface area (Å²) in [5.41, 5.74) is 5.80. The zero-order valence-electron chi connectivity index (χ0n) is 18.9. The lowest BCUT2D eigenvalue weighted by atomic mass is 9.86. The summed E-state index contributed by atoms with van der Waals surface area (Å²) >= 11 is 0. The van der Waals surface area contributed by atoms with E-state index < -0.39 is 17.8 Å². The molecule has 0 saturated carbocycles. The zero-order chi connectivity index (χ0) is 23.6. The molecule has 2 rings (SSSR count). The van der Waals surface area contributed by atoms with Crippen LogP contribution < -0.4 is 20.3 Å². The van der Waals surface area contributed by atoms with Crippen LogP contribution in [0.25, 0.3) is 0 Å². The van der Waals surface area contributed by atoms with Gasteiger partial charge in [0.1, 0.15) is 11.5 Å². The summed E-state index contributed by atoms with van der Waals surface area (Å²) in [4.78, 5) is 35.7. The number of nitrogens with one attached hydrogen (secondary N) is 2. The van der Waals surface area contributed by atoms with Crippen LogP contribution in [0.3, 0.4) is 0 Å². The highest BCUT2D eigenvalue weighted by Crippen LogP contribution is 2.30. The molecular formula is C24H30N2O6. The minimum absolute atomic E-state index is 0.132. The second-order valence-electron chi connectivity index (χ2n) is 8.08. The van der Waals surface area contributed by atoms with Gasteiger partial charge in [-0.1, -0.05) is 45.9 Å². The molecule has 0 aromatic heterocycles. The maximum absolute atomic E-state index is 12.0. The third kappa shape index (κ3) is 7.94. The molecule has 2 aromatic carbocycles. The van der Waals surface area contributed by atoms with Gasteiger partial charge in [0, 0.05) is 0 Å². The topological polar surface area (TPSA) is 103 Å². The summed E-state index contributed by atoms with van der Waals surface area (Å²) in [5, 5.41) is 0. The number of carbonyl (C=O) groups is 3. The van der Waals surface area contributed by atoms with Crippen LogP contribution >= 0.6 is 0 Å². The predicted octanol–water partition coefficient (Wildman–Crippen LogP) is 3.16. The van der Waals surface area contributed by atoms with E-state index >= 15 is 0 Å². The summed E-state index contributed by atoms with van der Waals surface area (Å²) in [6.45, 7) is 7.88. The van der Waals surface area contributed by atoms with Crippen molar-refractivity contribution in [2.75, 3.05) is 19.8 Å². The van der Waals surface area contributed by atoms with Crippen molar-refractivity contribution >= 4 is 17.8 Å². The molecule has 2 N–H and O–H groups in total. The first-order chi connectivity index (χ1) is 15.2. The van der Waals surface area contributed by atoms with Crippen LogP contribution in [0.5, 0.6) is 11.5 Å². The Morgan fingerprint density at radius 3 is 2.03 bits per heavy atom. The van der Waals surface area contributed by atoms with Gasteiger partial charge >= 0.3 is 5.97 Å². The number of ether oxygens (including phenoxy) is 3. The Labute approximate surface area is 188 Å². The molecule has 0 aliphatic rings. The average molecular weight is 443 g/mol. The van der Waals surface area contributed by atoms with E-state index in [-0.39, 0.29) is 18.6 Å². The number of hydrogen-bond donors (Lipinski definition) is 2. The Morgan fingerprint density at radius 1 is 0.844 bits per heavy atom. The van der Waals surface area contributed by atoms with Gasteiger partial charge < -0.3 is 14.2 Å². The van der Waals surface area contributed by atoms with Gasteiger partial charge in [0.15, 0.2) is 13.2 Å².